The fraction of sp³-hybridized carbons (Fsp3) is 0.217. The van der Waals surface area contributed by atoms with E-state index in [9.17, 15) is 9.59 Å². The molecular formula is C23H21N3O4S. The van der Waals surface area contributed by atoms with Gasteiger partial charge in [0.15, 0.2) is 0 Å². The molecule has 3 aromatic rings. The van der Waals surface area contributed by atoms with E-state index >= 15 is 0 Å². The summed E-state index contributed by atoms with van der Waals surface area (Å²) in [5.74, 6) is 0.125. The highest BCUT2D eigenvalue weighted by Crippen LogP contribution is 2.26. The molecule has 0 unspecified atom stereocenters. The third-order valence-electron chi connectivity index (χ3n) is 4.58. The molecule has 0 saturated heterocycles. The maximum absolute atomic E-state index is 12.5. The number of benzene rings is 2. The number of ether oxygens (including phenoxy) is 2. The van der Waals surface area contributed by atoms with E-state index in [1.807, 2.05) is 54.8 Å². The quantitative estimate of drug-likeness (QED) is 0.513. The van der Waals surface area contributed by atoms with Gasteiger partial charge in [-0.1, -0.05) is 18.2 Å². The van der Waals surface area contributed by atoms with E-state index in [4.69, 9.17) is 9.47 Å². The molecule has 1 aliphatic rings. The average molecular weight is 436 g/mol. The van der Waals surface area contributed by atoms with Crippen LogP contribution in [0.1, 0.15) is 25.5 Å². The molecular weight excluding hydrogens is 414 g/mol. The molecule has 0 fully saturated rings. The number of anilines is 1. The number of amides is 1. The first-order chi connectivity index (χ1) is 15.1. The second-order valence-electron chi connectivity index (χ2n) is 6.77. The number of carbonyl (C=O) groups excluding carboxylic acids is 2. The third-order valence-corrected chi connectivity index (χ3v) is 5.52. The van der Waals surface area contributed by atoms with Gasteiger partial charge in [0.05, 0.1) is 18.0 Å². The lowest BCUT2D eigenvalue weighted by molar-refractivity contribution is -0.137. The predicted octanol–water partition coefficient (Wildman–Crippen LogP) is 4.44. The van der Waals surface area contributed by atoms with Crippen LogP contribution in [-0.4, -0.2) is 29.2 Å². The predicted molar refractivity (Wildman–Crippen MR) is 119 cm³/mol. The van der Waals surface area contributed by atoms with Crippen molar-refractivity contribution in [3.8, 4) is 16.3 Å². The molecule has 1 aromatic heterocycles. The molecule has 1 aliphatic heterocycles. The Morgan fingerprint density at radius 1 is 1.10 bits per heavy atom. The largest absolute Gasteiger partial charge is 0.494 e. The first-order valence-electron chi connectivity index (χ1n) is 9.94. The molecule has 2 heterocycles. The molecule has 0 spiro atoms. The molecule has 7 nitrogen and oxygen atoms in total. The van der Waals surface area contributed by atoms with Crippen molar-refractivity contribution in [2.24, 2.45) is 5.10 Å². The fourth-order valence-electron chi connectivity index (χ4n) is 3.06. The average Bonchev–Trinajstić information content (AvgIpc) is 3.28. The number of hydrogen-bond donors (Lipinski definition) is 0. The molecule has 0 bridgehead atoms. The molecule has 4 rings (SSSR count). The lowest BCUT2D eigenvalue weighted by Crippen LogP contribution is -2.34. The third kappa shape index (κ3) is 4.97. The van der Waals surface area contributed by atoms with E-state index in [1.54, 1.807) is 12.1 Å². The molecule has 0 atom stereocenters. The summed E-state index contributed by atoms with van der Waals surface area (Å²) in [6, 6.07) is 16.7. The molecule has 2 aromatic carbocycles. The lowest BCUT2D eigenvalue weighted by Gasteiger charge is -2.22. The summed E-state index contributed by atoms with van der Waals surface area (Å²) in [5.41, 5.74) is 2.48. The summed E-state index contributed by atoms with van der Waals surface area (Å²) < 4.78 is 10.9. The second kappa shape index (κ2) is 9.53. The number of carbonyl (C=O) groups is 2. The van der Waals surface area contributed by atoms with Crippen LogP contribution in [0.4, 0.5) is 5.69 Å². The van der Waals surface area contributed by atoms with Crippen LogP contribution in [0, 0.1) is 0 Å². The Hall–Kier alpha value is -3.52. The standard InChI is InChI=1S/C23H21N3O4S/c1-2-29-19-10-8-16(9-11-19)22-24-17(15-31-22)14-30-23(28)20-12-13-21(27)26(25-20)18-6-4-3-5-7-18/h3-11,15H,2,12-14H2,1H3. The smallest absolute Gasteiger partial charge is 0.354 e. The van der Waals surface area contributed by atoms with Gasteiger partial charge in [0.1, 0.15) is 23.1 Å². The Labute approximate surface area is 183 Å². The van der Waals surface area contributed by atoms with Crippen LogP contribution >= 0.6 is 11.3 Å². The zero-order valence-electron chi connectivity index (χ0n) is 17.0. The lowest BCUT2D eigenvalue weighted by atomic mass is 10.1. The van der Waals surface area contributed by atoms with Gasteiger partial charge in [-0.3, -0.25) is 4.79 Å². The van der Waals surface area contributed by atoms with Crippen molar-refractivity contribution in [2.45, 2.75) is 26.4 Å². The van der Waals surface area contributed by atoms with Crippen LogP contribution in [0.5, 0.6) is 5.75 Å². The van der Waals surface area contributed by atoms with Gasteiger partial charge >= 0.3 is 5.97 Å². The molecule has 31 heavy (non-hydrogen) atoms. The number of nitrogens with zero attached hydrogens (tertiary/aromatic N) is 3. The minimum atomic E-state index is -0.538. The Morgan fingerprint density at radius 2 is 1.87 bits per heavy atom. The molecule has 0 radical (unpaired) electrons. The van der Waals surface area contributed by atoms with Crippen LogP contribution < -0.4 is 9.75 Å². The highest BCUT2D eigenvalue weighted by molar-refractivity contribution is 7.13. The number of aromatic nitrogens is 1. The maximum atomic E-state index is 12.5. The van der Waals surface area contributed by atoms with Crippen molar-refractivity contribution in [3.63, 3.8) is 0 Å². The molecule has 158 valence electrons. The Bertz CT molecular complexity index is 1090. The summed E-state index contributed by atoms with van der Waals surface area (Å²) in [4.78, 5) is 29.2. The summed E-state index contributed by atoms with van der Waals surface area (Å²) in [6.07, 6.45) is 0.469. The number of thiazole rings is 1. The van der Waals surface area contributed by atoms with Crippen molar-refractivity contribution in [1.82, 2.24) is 4.98 Å². The second-order valence-corrected chi connectivity index (χ2v) is 7.62. The van der Waals surface area contributed by atoms with Crippen LogP contribution in [0.3, 0.4) is 0 Å². The Balaban J connectivity index is 1.39. The summed E-state index contributed by atoms with van der Waals surface area (Å²) in [7, 11) is 0. The van der Waals surface area contributed by atoms with E-state index in [2.05, 4.69) is 10.1 Å². The van der Waals surface area contributed by atoms with E-state index in [1.165, 1.54) is 16.3 Å². The van der Waals surface area contributed by atoms with Gasteiger partial charge in [-0.25, -0.2) is 14.8 Å². The summed E-state index contributed by atoms with van der Waals surface area (Å²) in [6.45, 7) is 2.61. The normalized spacial score (nSPS) is 13.6. The van der Waals surface area contributed by atoms with Gasteiger partial charge in [0.2, 0.25) is 5.91 Å². The molecule has 1 amide bonds. The van der Waals surface area contributed by atoms with Gasteiger partial charge in [-0.05, 0) is 43.3 Å². The number of esters is 1. The SMILES string of the molecule is CCOc1ccc(-c2nc(COC(=O)C3=NN(c4ccccc4)C(=O)CC3)cs2)cc1. The van der Waals surface area contributed by atoms with Gasteiger partial charge in [0, 0.05) is 23.8 Å². The van der Waals surface area contributed by atoms with Crippen molar-refractivity contribution in [3.05, 3.63) is 65.7 Å². The van der Waals surface area contributed by atoms with Crippen molar-refractivity contribution >= 4 is 34.6 Å². The van der Waals surface area contributed by atoms with Crippen LogP contribution in [0.15, 0.2) is 65.1 Å². The van der Waals surface area contributed by atoms with Crippen LogP contribution in [-0.2, 0) is 20.9 Å². The molecule has 0 saturated carbocycles. The van der Waals surface area contributed by atoms with Crippen molar-refractivity contribution < 1.29 is 19.1 Å². The highest BCUT2D eigenvalue weighted by Gasteiger charge is 2.26. The van der Waals surface area contributed by atoms with Gasteiger partial charge in [0.25, 0.3) is 0 Å². The fourth-order valence-corrected chi connectivity index (χ4v) is 3.87. The summed E-state index contributed by atoms with van der Waals surface area (Å²) in [5, 5.41) is 8.18. The molecule has 0 aliphatic carbocycles. The monoisotopic (exact) mass is 435 g/mol. The van der Waals surface area contributed by atoms with E-state index in [0.717, 1.165) is 16.3 Å². The first kappa shape index (κ1) is 20.7. The number of rotatable bonds is 7. The first-order valence-corrected chi connectivity index (χ1v) is 10.8. The van der Waals surface area contributed by atoms with E-state index < -0.39 is 5.97 Å². The number of hydrogen-bond acceptors (Lipinski definition) is 7. The van der Waals surface area contributed by atoms with E-state index in [-0.39, 0.29) is 31.1 Å². The highest BCUT2D eigenvalue weighted by atomic mass is 32.1. The zero-order chi connectivity index (χ0) is 21.6. The van der Waals surface area contributed by atoms with Gasteiger partial charge in [-0.2, -0.15) is 5.10 Å². The number of hydrazone groups is 1. The summed E-state index contributed by atoms with van der Waals surface area (Å²) >= 11 is 1.48. The minimum Gasteiger partial charge on any atom is -0.494 e. The Morgan fingerprint density at radius 3 is 2.61 bits per heavy atom. The van der Waals surface area contributed by atoms with Gasteiger partial charge < -0.3 is 9.47 Å². The maximum Gasteiger partial charge on any atom is 0.354 e. The topological polar surface area (TPSA) is 81.1 Å². The number of para-hydroxylation sites is 1. The van der Waals surface area contributed by atoms with Crippen LogP contribution in [0.2, 0.25) is 0 Å². The minimum absolute atomic E-state index is 0.0463. The molecule has 8 heteroatoms. The van der Waals surface area contributed by atoms with E-state index in [0.29, 0.717) is 18.0 Å². The Kier molecular flexibility index (Phi) is 6.37. The van der Waals surface area contributed by atoms with Gasteiger partial charge in [-0.15, -0.1) is 11.3 Å². The van der Waals surface area contributed by atoms with Crippen LogP contribution in [0.25, 0.3) is 10.6 Å². The van der Waals surface area contributed by atoms with Crippen molar-refractivity contribution in [2.75, 3.05) is 11.6 Å². The van der Waals surface area contributed by atoms with Crippen molar-refractivity contribution in [1.29, 1.82) is 0 Å². The molecule has 0 N–H and O–H groups in total. The zero-order valence-corrected chi connectivity index (χ0v) is 17.8.